The molecule has 6 heteroatoms. The van der Waals surface area contributed by atoms with Crippen molar-refractivity contribution < 1.29 is 4.79 Å². The number of nitrogens with one attached hydrogen (secondary N) is 2. The van der Waals surface area contributed by atoms with Crippen LogP contribution in [0, 0.1) is 12.3 Å². The molecule has 2 aliphatic rings. The number of aromatic nitrogens is 1. The van der Waals surface area contributed by atoms with Crippen LogP contribution in [-0.4, -0.2) is 61.1 Å². The summed E-state index contributed by atoms with van der Waals surface area (Å²) in [6, 6.07) is 5.43. The normalized spacial score (nSPS) is 22.5. The summed E-state index contributed by atoms with van der Waals surface area (Å²) < 4.78 is 0. The first-order valence-corrected chi connectivity index (χ1v) is 10.0. The predicted molar refractivity (Wildman–Crippen MR) is 108 cm³/mol. The first-order chi connectivity index (χ1) is 13.2. The van der Waals surface area contributed by atoms with Crippen LogP contribution in [0.2, 0.25) is 0 Å². The lowest BCUT2D eigenvalue weighted by molar-refractivity contribution is -0.120. The Morgan fingerprint density at radius 1 is 1.48 bits per heavy atom. The fraction of sp³-hybridized carbons (Fsp3) is 0.619. The maximum Gasteiger partial charge on any atom is 0.222 e. The molecular weight excluding hydrogens is 338 g/mol. The number of amides is 1. The smallest absolute Gasteiger partial charge is 0.222 e. The molecule has 0 aliphatic carbocycles. The third-order valence-electron chi connectivity index (χ3n) is 5.65. The van der Waals surface area contributed by atoms with Gasteiger partial charge in [0.05, 0.1) is 12.2 Å². The maximum absolute atomic E-state index is 11.7. The largest absolute Gasteiger partial charge is 0.374 e. The number of anilines is 1. The average Bonchev–Trinajstić information content (AvgIpc) is 3.36. The van der Waals surface area contributed by atoms with Crippen LogP contribution in [0.3, 0.4) is 0 Å². The summed E-state index contributed by atoms with van der Waals surface area (Å²) in [7, 11) is 2.01. The number of nitrogens with zero attached hydrogens (tertiary/aromatic N) is 3. The summed E-state index contributed by atoms with van der Waals surface area (Å²) in [5, 5.41) is 6.37. The van der Waals surface area contributed by atoms with E-state index in [1.165, 1.54) is 25.7 Å². The Balaban J connectivity index is 1.55. The number of hydrogen-bond donors (Lipinski definition) is 2. The number of carbonyl (C=O) groups excluding carboxylic acids is 1. The van der Waals surface area contributed by atoms with Crippen molar-refractivity contribution in [3.63, 3.8) is 0 Å². The maximum atomic E-state index is 11.7. The van der Waals surface area contributed by atoms with Gasteiger partial charge >= 0.3 is 0 Å². The molecule has 3 rings (SSSR count). The highest BCUT2D eigenvalue weighted by Crippen LogP contribution is 2.26. The number of hydrogen-bond acceptors (Lipinski definition) is 5. The highest BCUT2D eigenvalue weighted by atomic mass is 16.1. The average molecular weight is 370 g/mol. The van der Waals surface area contributed by atoms with Gasteiger partial charge in [-0.05, 0) is 50.9 Å². The van der Waals surface area contributed by atoms with Gasteiger partial charge in [0.15, 0.2) is 0 Å². The summed E-state index contributed by atoms with van der Waals surface area (Å²) >= 11 is 0. The number of pyridine rings is 1. The molecule has 146 valence electrons. The third kappa shape index (κ3) is 5.44. The SMILES string of the molecule is C#CCNC(=O)CCN(C)c1ccnc(CN2CCC[C@H]2[C@@H]2CCCN2)c1. The van der Waals surface area contributed by atoms with Crippen molar-refractivity contribution in [2.75, 3.05) is 38.1 Å². The Hall–Kier alpha value is -2.10. The molecule has 1 amide bonds. The van der Waals surface area contributed by atoms with Crippen LogP contribution >= 0.6 is 0 Å². The van der Waals surface area contributed by atoms with Crippen LogP contribution in [0.25, 0.3) is 0 Å². The third-order valence-corrected chi connectivity index (χ3v) is 5.65. The summed E-state index contributed by atoms with van der Waals surface area (Å²) in [5.41, 5.74) is 2.19. The fourth-order valence-electron chi connectivity index (χ4n) is 4.18. The lowest BCUT2D eigenvalue weighted by atomic mass is 10.0. The molecule has 1 aromatic heterocycles. The molecule has 3 heterocycles. The zero-order valence-electron chi connectivity index (χ0n) is 16.3. The molecule has 0 aromatic carbocycles. The van der Waals surface area contributed by atoms with Gasteiger partial charge in [-0.2, -0.15) is 0 Å². The Labute approximate surface area is 162 Å². The van der Waals surface area contributed by atoms with Gasteiger partial charge in [0.25, 0.3) is 0 Å². The minimum atomic E-state index is -0.0157. The van der Waals surface area contributed by atoms with Gasteiger partial charge in [-0.3, -0.25) is 14.7 Å². The van der Waals surface area contributed by atoms with Gasteiger partial charge in [-0.25, -0.2) is 0 Å². The van der Waals surface area contributed by atoms with Crippen LogP contribution in [0.5, 0.6) is 0 Å². The molecule has 2 N–H and O–H groups in total. The van der Waals surface area contributed by atoms with Crippen LogP contribution < -0.4 is 15.5 Å². The monoisotopic (exact) mass is 369 g/mol. The van der Waals surface area contributed by atoms with Crippen molar-refractivity contribution in [3.05, 3.63) is 24.0 Å². The Bertz CT molecular complexity index is 665. The Morgan fingerprint density at radius 3 is 3.15 bits per heavy atom. The van der Waals surface area contributed by atoms with Crippen molar-refractivity contribution in [2.45, 2.75) is 50.7 Å². The van der Waals surface area contributed by atoms with Gasteiger partial charge in [0.1, 0.15) is 0 Å². The second-order valence-electron chi connectivity index (χ2n) is 7.54. The molecule has 2 saturated heterocycles. The number of carbonyl (C=O) groups is 1. The Morgan fingerprint density at radius 2 is 2.37 bits per heavy atom. The van der Waals surface area contributed by atoms with Crippen LogP contribution in [0.15, 0.2) is 18.3 Å². The topological polar surface area (TPSA) is 60.5 Å². The second-order valence-corrected chi connectivity index (χ2v) is 7.54. The minimum absolute atomic E-state index is 0.0157. The van der Waals surface area contributed by atoms with Crippen molar-refractivity contribution in [2.24, 2.45) is 0 Å². The van der Waals surface area contributed by atoms with Crippen molar-refractivity contribution in [1.29, 1.82) is 0 Å². The molecular formula is C21H31N5O. The quantitative estimate of drug-likeness (QED) is 0.678. The van der Waals surface area contributed by atoms with Gasteiger partial charge in [0.2, 0.25) is 5.91 Å². The molecule has 27 heavy (non-hydrogen) atoms. The lowest BCUT2D eigenvalue weighted by Gasteiger charge is -2.29. The van der Waals surface area contributed by atoms with E-state index in [1.807, 2.05) is 19.3 Å². The van der Waals surface area contributed by atoms with Crippen LogP contribution in [0.1, 0.15) is 37.8 Å². The molecule has 0 unspecified atom stereocenters. The van der Waals surface area contributed by atoms with E-state index in [9.17, 15) is 4.79 Å². The molecule has 0 radical (unpaired) electrons. The van der Waals surface area contributed by atoms with Gasteiger partial charge in [0, 0.05) is 50.5 Å². The molecule has 2 fully saturated rings. The minimum Gasteiger partial charge on any atom is -0.374 e. The molecule has 0 spiro atoms. The molecule has 2 aliphatic heterocycles. The van der Waals surface area contributed by atoms with E-state index in [-0.39, 0.29) is 12.5 Å². The van der Waals surface area contributed by atoms with Crippen molar-refractivity contribution in [1.82, 2.24) is 20.5 Å². The Kier molecular flexibility index (Phi) is 7.08. The van der Waals surface area contributed by atoms with Gasteiger partial charge in [-0.1, -0.05) is 5.92 Å². The highest BCUT2D eigenvalue weighted by Gasteiger charge is 2.33. The lowest BCUT2D eigenvalue weighted by Crippen LogP contribution is -2.43. The molecule has 2 atom stereocenters. The summed E-state index contributed by atoms with van der Waals surface area (Å²) in [6.45, 7) is 4.14. The first-order valence-electron chi connectivity index (χ1n) is 10.0. The molecule has 0 saturated carbocycles. The first kappa shape index (κ1) is 19.7. The summed E-state index contributed by atoms with van der Waals surface area (Å²) in [4.78, 5) is 21.0. The zero-order valence-corrected chi connectivity index (χ0v) is 16.3. The standard InChI is InChI=1S/C21H31N5O/c1-3-10-24-21(27)9-14-25(2)18-8-12-22-17(15-18)16-26-13-5-7-20(26)19-6-4-11-23-19/h1,8,12,15,19-20,23H,4-7,9-11,13-14,16H2,2H3,(H,24,27)/t19-,20-/m0/s1. The van der Waals surface area contributed by atoms with Crippen LogP contribution in [-0.2, 0) is 11.3 Å². The number of rotatable bonds is 8. The van der Waals surface area contributed by atoms with E-state index in [2.05, 4.69) is 37.4 Å². The van der Waals surface area contributed by atoms with Crippen molar-refractivity contribution >= 4 is 11.6 Å². The second kappa shape index (κ2) is 9.72. The predicted octanol–water partition coefficient (Wildman–Crippen LogP) is 1.37. The molecule has 1 aromatic rings. The highest BCUT2D eigenvalue weighted by molar-refractivity contribution is 5.76. The summed E-state index contributed by atoms with van der Waals surface area (Å²) in [6.07, 6.45) is 12.6. The summed E-state index contributed by atoms with van der Waals surface area (Å²) in [5.74, 6) is 2.40. The number of likely N-dealkylation sites (tertiary alicyclic amines) is 1. The van der Waals surface area contributed by atoms with Gasteiger partial charge < -0.3 is 15.5 Å². The molecule has 0 bridgehead atoms. The van der Waals surface area contributed by atoms with E-state index in [0.29, 0.717) is 25.0 Å². The molecule has 6 nitrogen and oxygen atoms in total. The van der Waals surface area contributed by atoms with E-state index >= 15 is 0 Å². The number of terminal acetylenes is 1. The van der Waals surface area contributed by atoms with E-state index in [4.69, 9.17) is 6.42 Å². The van der Waals surface area contributed by atoms with E-state index in [1.54, 1.807) is 0 Å². The fourth-order valence-corrected chi connectivity index (χ4v) is 4.18. The zero-order chi connectivity index (χ0) is 19.1. The van der Waals surface area contributed by atoms with E-state index < -0.39 is 0 Å². The van der Waals surface area contributed by atoms with Gasteiger partial charge in [-0.15, -0.1) is 6.42 Å². The van der Waals surface area contributed by atoms with E-state index in [0.717, 1.165) is 31.0 Å². The van der Waals surface area contributed by atoms with Crippen LogP contribution in [0.4, 0.5) is 5.69 Å². The van der Waals surface area contributed by atoms with Crippen molar-refractivity contribution in [3.8, 4) is 12.3 Å².